The van der Waals surface area contributed by atoms with Crippen molar-refractivity contribution in [2.75, 3.05) is 19.7 Å². The Morgan fingerprint density at radius 1 is 1.19 bits per heavy atom. The SMILES string of the molecule is CC(C)C(=O)N1C[C@H](OCC23CC4C(CC[C@H]4C)[C@@]4(C=O)CC2C=C(C(C)C)C34C(=O)O)O[C@H](C)C1. The molecule has 36 heavy (non-hydrogen) atoms. The van der Waals surface area contributed by atoms with Gasteiger partial charge in [0.1, 0.15) is 11.7 Å². The summed E-state index contributed by atoms with van der Waals surface area (Å²) in [5.41, 5.74) is -1.92. The Morgan fingerprint density at radius 3 is 2.53 bits per heavy atom. The zero-order valence-corrected chi connectivity index (χ0v) is 22.7. The molecule has 3 saturated carbocycles. The van der Waals surface area contributed by atoms with Gasteiger partial charge in [0.05, 0.1) is 24.7 Å². The summed E-state index contributed by atoms with van der Waals surface area (Å²) in [7, 11) is 0. The van der Waals surface area contributed by atoms with Gasteiger partial charge in [-0.25, -0.2) is 0 Å². The van der Waals surface area contributed by atoms with Crippen LogP contribution in [0.2, 0.25) is 0 Å². The Hall–Kier alpha value is -1.73. The highest BCUT2D eigenvalue weighted by Gasteiger charge is 2.84. The molecule has 9 atom stereocenters. The molecule has 0 spiro atoms. The summed E-state index contributed by atoms with van der Waals surface area (Å²) in [6.45, 7) is 13.2. The quantitative estimate of drug-likeness (QED) is 0.416. The zero-order valence-electron chi connectivity index (χ0n) is 22.7. The number of allylic oxidation sites excluding steroid dienone is 1. The fourth-order valence-corrected chi connectivity index (χ4v) is 9.42. The lowest BCUT2D eigenvalue weighted by Crippen LogP contribution is -2.64. The van der Waals surface area contributed by atoms with Crippen molar-refractivity contribution in [2.45, 2.75) is 79.6 Å². The summed E-state index contributed by atoms with van der Waals surface area (Å²) >= 11 is 0. The van der Waals surface area contributed by atoms with Crippen LogP contribution >= 0.6 is 0 Å². The van der Waals surface area contributed by atoms with Gasteiger partial charge >= 0.3 is 5.97 Å². The molecule has 1 N–H and O–H groups in total. The minimum Gasteiger partial charge on any atom is -0.481 e. The number of carboxylic acids is 1. The van der Waals surface area contributed by atoms with Gasteiger partial charge < -0.3 is 24.3 Å². The lowest BCUT2D eigenvalue weighted by Gasteiger charge is -2.58. The fourth-order valence-electron chi connectivity index (χ4n) is 9.42. The minimum absolute atomic E-state index is 0.0107. The second-order valence-corrected chi connectivity index (χ2v) is 13.1. The van der Waals surface area contributed by atoms with E-state index in [0.717, 1.165) is 31.1 Å². The Labute approximate surface area is 215 Å². The lowest BCUT2D eigenvalue weighted by molar-refractivity contribution is -0.236. The summed E-state index contributed by atoms with van der Waals surface area (Å²) in [5, 5.41) is 11.1. The van der Waals surface area contributed by atoms with Gasteiger partial charge in [-0.3, -0.25) is 9.59 Å². The van der Waals surface area contributed by atoms with Gasteiger partial charge in [0.15, 0.2) is 6.29 Å². The molecule has 7 nitrogen and oxygen atoms in total. The maximum absolute atomic E-state index is 13.5. The maximum atomic E-state index is 13.5. The summed E-state index contributed by atoms with van der Waals surface area (Å²) in [4.78, 5) is 41.2. The second kappa shape index (κ2) is 8.65. The molecular formula is C29H43NO6. The van der Waals surface area contributed by atoms with Crippen LogP contribution in [-0.2, 0) is 23.9 Å². The number of carbonyl (C=O) groups excluding carboxylic acids is 2. The van der Waals surface area contributed by atoms with Gasteiger partial charge in [-0.1, -0.05) is 52.7 Å². The first-order valence-electron chi connectivity index (χ1n) is 13.9. The summed E-state index contributed by atoms with van der Waals surface area (Å²) < 4.78 is 12.6. The van der Waals surface area contributed by atoms with Gasteiger partial charge in [-0.15, -0.1) is 0 Å². The lowest BCUT2D eigenvalue weighted by atomic mass is 9.43. The van der Waals surface area contributed by atoms with Crippen molar-refractivity contribution in [1.82, 2.24) is 4.90 Å². The number of morpholine rings is 1. The van der Waals surface area contributed by atoms with Crippen LogP contribution in [0.1, 0.15) is 67.2 Å². The largest absolute Gasteiger partial charge is 0.481 e. The van der Waals surface area contributed by atoms with E-state index in [1.807, 2.05) is 20.8 Å². The van der Waals surface area contributed by atoms with Crippen LogP contribution in [0.3, 0.4) is 0 Å². The number of fused-ring (bicyclic) bond motifs is 2. The normalized spacial score (nSPS) is 45.2. The van der Waals surface area contributed by atoms with Crippen molar-refractivity contribution >= 4 is 18.2 Å². The Morgan fingerprint density at radius 2 is 1.92 bits per heavy atom. The summed E-state index contributed by atoms with van der Waals surface area (Å²) in [6.07, 6.45) is 5.77. The van der Waals surface area contributed by atoms with Gasteiger partial charge in [-0.05, 0) is 55.8 Å². The van der Waals surface area contributed by atoms with Crippen molar-refractivity contribution in [3.05, 3.63) is 11.6 Å². The van der Waals surface area contributed by atoms with Crippen LogP contribution < -0.4 is 0 Å². The number of carboxylic acid groups (broad SMARTS) is 1. The monoisotopic (exact) mass is 501 g/mol. The third kappa shape index (κ3) is 3.14. The summed E-state index contributed by atoms with van der Waals surface area (Å²) in [6, 6.07) is 0. The van der Waals surface area contributed by atoms with E-state index in [1.165, 1.54) is 0 Å². The predicted molar refractivity (Wildman–Crippen MR) is 134 cm³/mol. The van der Waals surface area contributed by atoms with Crippen LogP contribution in [0, 0.1) is 51.8 Å². The third-order valence-electron chi connectivity index (χ3n) is 10.7. The van der Waals surface area contributed by atoms with Crippen LogP contribution in [0.15, 0.2) is 11.6 Å². The molecule has 0 aromatic rings. The molecule has 7 heteroatoms. The van der Waals surface area contributed by atoms with Crippen LogP contribution in [0.25, 0.3) is 0 Å². The van der Waals surface area contributed by atoms with E-state index in [9.17, 15) is 19.5 Å². The molecule has 4 aliphatic carbocycles. The van der Waals surface area contributed by atoms with Gasteiger partial charge in [0.2, 0.25) is 5.91 Å². The van der Waals surface area contributed by atoms with Crippen LogP contribution in [0.5, 0.6) is 0 Å². The minimum atomic E-state index is -1.25. The first-order chi connectivity index (χ1) is 16.9. The molecule has 0 aromatic carbocycles. The van der Waals surface area contributed by atoms with E-state index in [4.69, 9.17) is 9.47 Å². The molecule has 5 unspecified atom stereocenters. The Balaban J connectivity index is 1.53. The molecular weight excluding hydrogens is 458 g/mol. The number of carbonyl (C=O) groups is 3. The molecule has 0 radical (unpaired) electrons. The topological polar surface area (TPSA) is 93.1 Å². The number of nitrogens with zero attached hydrogens (tertiary/aromatic N) is 1. The van der Waals surface area contributed by atoms with Crippen molar-refractivity contribution in [2.24, 2.45) is 51.8 Å². The van der Waals surface area contributed by atoms with Crippen LogP contribution in [-0.4, -0.2) is 60.3 Å². The van der Waals surface area contributed by atoms with E-state index in [2.05, 4.69) is 26.8 Å². The van der Waals surface area contributed by atoms with E-state index < -0.39 is 28.5 Å². The second-order valence-electron chi connectivity index (χ2n) is 13.1. The Bertz CT molecular complexity index is 975. The van der Waals surface area contributed by atoms with E-state index >= 15 is 0 Å². The first-order valence-corrected chi connectivity index (χ1v) is 13.9. The molecule has 200 valence electrons. The van der Waals surface area contributed by atoms with Crippen LogP contribution in [0.4, 0.5) is 0 Å². The number of amides is 1. The summed E-state index contributed by atoms with van der Waals surface area (Å²) in [5.74, 6) is 0.00217. The molecule has 1 heterocycles. The number of rotatable bonds is 7. The van der Waals surface area contributed by atoms with Crippen molar-refractivity contribution in [1.29, 1.82) is 0 Å². The molecule has 1 saturated heterocycles. The molecule has 1 aliphatic heterocycles. The van der Waals surface area contributed by atoms with E-state index in [-0.39, 0.29) is 42.3 Å². The molecule has 1 amide bonds. The fraction of sp³-hybridized carbons (Fsp3) is 0.828. The highest BCUT2D eigenvalue weighted by Crippen LogP contribution is 2.82. The van der Waals surface area contributed by atoms with Crippen molar-refractivity contribution < 1.29 is 29.0 Å². The number of hydrogen-bond acceptors (Lipinski definition) is 5. The number of ether oxygens (including phenoxy) is 2. The average molecular weight is 502 g/mol. The number of aldehydes is 1. The Kier molecular flexibility index (Phi) is 6.23. The van der Waals surface area contributed by atoms with Gasteiger partial charge in [0.25, 0.3) is 0 Å². The molecule has 0 aromatic heterocycles. The highest BCUT2D eigenvalue weighted by molar-refractivity contribution is 5.90. The standard InChI is InChI=1S/C29H43NO6/c1-16(2)23-9-20-10-27(14-31)22-8-7-18(5)21(22)11-28(20,29(23,27)26(33)34)15-35-24-13-30(12-19(6)36-24)25(32)17(3)4/h9,14,16-22,24H,7-8,10-13,15H2,1-6H3,(H,33,34)/t18-,19-,20?,21?,22?,24-,27+,28?,29?/m1/s1. The van der Waals surface area contributed by atoms with E-state index in [1.54, 1.807) is 4.90 Å². The van der Waals surface area contributed by atoms with E-state index in [0.29, 0.717) is 31.3 Å². The number of hydrogen-bond donors (Lipinski definition) is 1. The number of aliphatic carboxylic acids is 1. The smallest absolute Gasteiger partial charge is 0.315 e. The molecule has 4 bridgehead atoms. The van der Waals surface area contributed by atoms with Crippen molar-refractivity contribution in [3.8, 4) is 0 Å². The van der Waals surface area contributed by atoms with Gasteiger partial charge in [-0.2, -0.15) is 0 Å². The van der Waals surface area contributed by atoms with Crippen molar-refractivity contribution in [3.63, 3.8) is 0 Å². The molecule has 4 fully saturated rings. The predicted octanol–water partition coefficient (Wildman–Crippen LogP) is 4.16. The maximum Gasteiger partial charge on any atom is 0.315 e. The van der Waals surface area contributed by atoms with Gasteiger partial charge in [0, 0.05) is 17.9 Å². The average Bonchev–Trinajstić information content (AvgIpc) is 3.39. The molecule has 5 rings (SSSR count). The zero-order chi connectivity index (χ0) is 26.2. The highest BCUT2D eigenvalue weighted by atomic mass is 16.7. The first kappa shape index (κ1) is 25.9. The molecule has 5 aliphatic rings. The third-order valence-corrected chi connectivity index (χ3v) is 10.7.